The molecule has 0 aliphatic heterocycles. The Labute approximate surface area is 207 Å². The van der Waals surface area contributed by atoms with Gasteiger partial charge in [0.2, 0.25) is 0 Å². The van der Waals surface area contributed by atoms with Crippen LogP contribution in [-0.4, -0.2) is 19.6 Å². The molecule has 0 heterocycles. The molecule has 0 unspecified atom stereocenters. The number of hydrogen-bond donors (Lipinski definition) is 1. The number of hydrogen-bond acceptors (Lipinski definition) is 4. The number of halogens is 1. The second-order valence-electron chi connectivity index (χ2n) is 9.22. The molecule has 1 fully saturated rings. The van der Waals surface area contributed by atoms with Gasteiger partial charge in [-0.05, 0) is 90.4 Å². The van der Waals surface area contributed by atoms with Crippen LogP contribution in [0.2, 0.25) is 0 Å². The number of nitrogens with one attached hydrogen (secondary N) is 1. The zero-order valence-electron chi connectivity index (χ0n) is 20.4. The summed E-state index contributed by atoms with van der Waals surface area (Å²) in [5, 5.41) is 3.39. The molecule has 5 heteroatoms. The molecule has 0 bridgehead atoms. The number of esters is 1. The van der Waals surface area contributed by atoms with E-state index in [0.29, 0.717) is 37.6 Å². The fourth-order valence-electron chi connectivity index (χ4n) is 4.73. The third kappa shape index (κ3) is 7.15. The third-order valence-electron chi connectivity index (χ3n) is 6.79. The SMILES string of the molecule is COC(=O)c1ccc(CNCCc2cc(F)ccc2COc2ccc(C3CCCCC3)cc2)cc1. The number of carbonyl (C=O) groups excluding carboxylic acids is 1. The van der Waals surface area contributed by atoms with E-state index in [4.69, 9.17) is 9.47 Å². The molecule has 1 saturated carbocycles. The maximum Gasteiger partial charge on any atom is 0.337 e. The first kappa shape index (κ1) is 24.9. The Morgan fingerprint density at radius 3 is 2.40 bits per heavy atom. The summed E-state index contributed by atoms with van der Waals surface area (Å²) in [7, 11) is 1.37. The van der Waals surface area contributed by atoms with Crippen molar-refractivity contribution in [2.45, 2.75) is 57.6 Å². The number of benzene rings is 3. The normalized spacial score (nSPS) is 14.0. The summed E-state index contributed by atoms with van der Waals surface area (Å²) in [4.78, 5) is 11.5. The number of carbonyl (C=O) groups is 1. The molecule has 1 aliphatic rings. The van der Waals surface area contributed by atoms with E-state index < -0.39 is 0 Å². The van der Waals surface area contributed by atoms with E-state index in [1.807, 2.05) is 18.2 Å². The predicted octanol–water partition coefficient (Wildman–Crippen LogP) is 6.57. The highest BCUT2D eigenvalue weighted by Crippen LogP contribution is 2.33. The van der Waals surface area contributed by atoms with Crippen LogP contribution in [0.1, 0.15) is 70.6 Å². The summed E-state index contributed by atoms with van der Waals surface area (Å²) in [6.45, 7) is 1.77. The van der Waals surface area contributed by atoms with Crippen LogP contribution in [-0.2, 0) is 24.3 Å². The third-order valence-corrected chi connectivity index (χ3v) is 6.79. The number of methoxy groups -OCH3 is 1. The molecule has 0 saturated heterocycles. The largest absolute Gasteiger partial charge is 0.489 e. The highest BCUT2D eigenvalue weighted by atomic mass is 19.1. The predicted molar refractivity (Wildman–Crippen MR) is 136 cm³/mol. The molecule has 1 N–H and O–H groups in total. The van der Waals surface area contributed by atoms with Crippen LogP contribution in [0.4, 0.5) is 4.39 Å². The van der Waals surface area contributed by atoms with E-state index in [1.54, 1.807) is 18.2 Å². The lowest BCUT2D eigenvalue weighted by Crippen LogP contribution is -2.17. The number of ether oxygens (including phenoxy) is 2. The van der Waals surface area contributed by atoms with Crippen molar-refractivity contribution in [2.24, 2.45) is 0 Å². The molecule has 3 aromatic rings. The van der Waals surface area contributed by atoms with Crippen LogP contribution >= 0.6 is 0 Å². The average Bonchev–Trinajstić information content (AvgIpc) is 2.91. The van der Waals surface area contributed by atoms with Crippen LogP contribution in [0.15, 0.2) is 66.7 Å². The standard InChI is InChI=1S/C30H34FNO3/c1-34-30(33)25-9-7-22(8-10-25)20-32-18-17-26-19-28(31)14-11-27(26)21-35-29-15-12-24(13-16-29)23-5-3-2-4-6-23/h7-16,19,23,32H,2-6,17-18,20-21H2,1H3. The first-order valence-electron chi connectivity index (χ1n) is 12.5. The molecule has 4 rings (SSSR count). The van der Waals surface area contributed by atoms with Crippen LogP contribution in [0.5, 0.6) is 5.75 Å². The molecule has 0 spiro atoms. The lowest BCUT2D eigenvalue weighted by Gasteiger charge is -2.22. The quantitative estimate of drug-likeness (QED) is 0.266. The zero-order valence-corrected chi connectivity index (χ0v) is 20.4. The molecule has 184 valence electrons. The average molecular weight is 476 g/mol. The molecule has 1 aliphatic carbocycles. The summed E-state index contributed by atoms with van der Waals surface area (Å²) in [5.74, 6) is 0.942. The smallest absolute Gasteiger partial charge is 0.337 e. The second kappa shape index (κ2) is 12.5. The maximum atomic E-state index is 13.9. The summed E-state index contributed by atoms with van der Waals surface area (Å²) < 4.78 is 24.7. The van der Waals surface area contributed by atoms with Crippen molar-refractivity contribution in [3.63, 3.8) is 0 Å². The second-order valence-corrected chi connectivity index (χ2v) is 9.22. The van der Waals surface area contributed by atoms with E-state index in [0.717, 1.165) is 22.4 Å². The van der Waals surface area contributed by atoms with Crippen molar-refractivity contribution in [3.8, 4) is 5.75 Å². The monoisotopic (exact) mass is 475 g/mol. The topological polar surface area (TPSA) is 47.6 Å². The molecular weight excluding hydrogens is 441 g/mol. The Morgan fingerprint density at radius 1 is 0.943 bits per heavy atom. The Balaban J connectivity index is 1.28. The van der Waals surface area contributed by atoms with Gasteiger partial charge < -0.3 is 14.8 Å². The first-order valence-corrected chi connectivity index (χ1v) is 12.5. The summed E-state index contributed by atoms with van der Waals surface area (Å²) in [5.41, 5.74) is 4.94. The Hall–Kier alpha value is -3.18. The minimum absolute atomic E-state index is 0.237. The molecule has 4 nitrogen and oxygen atoms in total. The van der Waals surface area contributed by atoms with E-state index in [9.17, 15) is 9.18 Å². The summed E-state index contributed by atoms with van der Waals surface area (Å²) in [6, 6.07) is 20.7. The van der Waals surface area contributed by atoms with Crippen molar-refractivity contribution in [2.75, 3.05) is 13.7 Å². The van der Waals surface area contributed by atoms with Gasteiger partial charge in [-0.1, -0.05) is 49.6 Å². The lowest BCUT2D eigenvalue weighted by molar-refractivity contribution is 0.0600. The van der Waals surface area contributed by atoms with Crippen molar-refractivity contribution in [1.29, 1.82) is 0 Å². The van der Waals surface area contributed by atoms with Crippen LogP contribution < -0.4 is 10.1 Å². The van der Waals surface area contributed by atoms with Gasteiger partial charge in [-0.3, -0.25) is 0 Å². The van der Waals surface area contributed by atoms with Crippen LogP contribution in [0.25, 0.3) is 0 Å². The first-order chi connectivity index (χ1) is 17.1. The molecule has 0 aromatic heterocycles. The minimum Gasteiger partial charge on any atom is -0.489 e. The fraction of sp³-hybridized carbons (Fsp3) is 0.367. The van der Waals surface area contributed by atoms with Gasteiger partial charge in [-0.15, -0.1) is 0 Å². The highest BCUT2D eigenvalue weighted by molar-refractivity contribution is 5.89. The zero-order chi connectivity index (χ0) is 24.5. The molecule has 3 aromatic carbocycles. The van der Waals surface area contributed by atoms with Gasteiger partial charge in [-0.2, -0.15) is 0 Å². The van der Waals surface area contributed by atoms with E-state index in [-0.39, 0.29) is 11.8 Å². The van der Waals surface area contributed by atoms with Gasteiger partial charge in [0.1, 0.15) is 18.2 Å². The van der Waals surface area contributed by atoms with E-state index in [2.05, 4.69) is 29.6 Å². The van der Waals surface area contributed by atoms with Gasteiger partial charge in [-0.25, -0.2) is 9.18 Å². The Kier molecular flexibility index (Phi) is 8.90. The summed E-state index contributed by atoms with van der Waals surface area (Å²) >= 11 is 0. The molecule has 0 amide bonds. The Bertz CT molecular complexity index is 1090. The number of rotatable bonds is 10. The van der Waals surface area contributed by atoms with Gasteiger partial charge in [0, 0.05) is 6.54 Å². The highest BCUT2D eigenvalue weighted by Gasteiger charge is 2.15. The molecule has 0 atom stereocenters. The Morgan fingerprint density at radius 2 is 1.69 bits per heavy atom. The summed E-state index contributed by atoms with van der Waals surface area (Å²) in [6.07, 6.45) is 7.27. The van der Waals surface area contributed by atoms with Gasteiger partial charge in [0.25, 0.3) is 0 Å². The van der Waals surface area contributed by atoms with Gasteiger partial charge >= 0.3 is 5.97 Å². The van der Waals surface area contributed by atoms with Gasteiger partial charge in [0.15, 0.2) is 0 Å². The van der Waals surface area contributed by atoms with Crippen molar-refractivity contribution >= 4 is 5.97 Å². The molecule has 35 heavy (non-hydrogen) atoms. The van der Waals surface area contributed by atoms with Crippen LogP contribution in [0, 0.1) is 5.82 Å². The van der Waals surface area contributed by atoms with Crippen molar-refractivity contribution < 1.29 is 18.7 Å². The van der Waals surface area contributed by atoms with Crippen molar-refractivity contribution in [3.05, 3.63) is 100 Å². The fourth-order valence-corrected chi connectivity index (χ4v) is 4.73. The van der Waals surface area contributed by atoms with Crippen LogP contribution in [0.3, 0.4) is 0 Å². The van der Waals surface area contributed by atoms with E-state index >= 15 is 0 Å². The van der Waals surface area contributed by atoms with Gasteiger partial charge in [0.05, 0.1) is 12.7 Å². The van der Waals surface area contributed by atoms with Crippen molar-refractivity contribution in [1.82, 2.24) is 5.32 Å². The van der Waals surface area contributed by atoms with E-state index in [1.165, 1.54) is 50.8 Å². The lowest BCUT2D eigenvalue weighted by atomic mass is 9.84. The maximum absolute atomic E-state index is 13.9. The molecular formula is C30H34FNO3. The molecule has 0 radical (unpaired) electrons. The minimum atomic E-state index is -0.342.